The van der Waals surface area contributed by atoms with Gasteiger partial charge < -0.3 is 39.4 Å². The van der Waals surface area contributed by atoms with Crippen LogP contribution in [-0.4, -0.2) is 62.2 Å². The summed E-state index contributed by atoms with van der Waals surface area (Å²) in [7, 11) is 0. The van der Waals surface area contributed by atoms with Gasteiger partial charge in [-0.2, -0.15) is 0 Å². The Morgan fingerprint density at radius 3 is 2.12 bits per heavy atom. The highest BCUT2D eigenvalue weighted by atomic mass is 16.9. The molecule has 1 heterocycles. The first-order valence-corrected chi connectivity index (χ1v) is 12.6. The van der Waals surface area contributed by atoms with E-state index < -0.39 is 17.4 Å². The number of aliphatic hydroxyl groups is 1. The van der Waals surface area contributed by atoms with Crippen LogP contribution in [-0.2, 0) is 30.1 Å². The summed E-state index contributed by atoms with van der Waals surface area (Å²) >= 11 is 0. The lowest BCUT2D eigenvalue weighted by molar-refractivity contribution is -0.488. The van der Waals surface area contributed by atoms with Crippen LogP contribution in [0.3, 0.4) is 0 Å². The van der Waals surface area contributed by atoms with E-state index in [-0.39, 0.29) is 32.3 Å². The fourth-order valence-electron chi connectivity index (χ4n) is 4.70. The summed E-state index contributed by atoms with van der Waals surface area (Å²) in [6.45, 7) is 17.5. The number of nitrogens with zero attached hydrogens (tertiary/aromatic N) is 1. The van der Waals surface area contributed by atoms with Gasteiger partial charge in [0.25, 0.3) is 0 Å². The second-order valence-electron chi connectivity index (χ2n) is 9.42. The maximum absolute atomic E-state index is 12.0. The van der Waals surface area contributed by atoms with Gasteiger partial charge in [-0.3, -0.25) is 0 Å². The average Bonchev–Trinajstić information content (AvgIpc) is 2.76. The van der Waals surface area contributed by atoms with Crippen LogP contribution >= 0.6 is 0 Å². The molecule has 1 aromatic carbocycles. The van der Waals surface area contributed by atoms with Crippen LogP contribution in [0.25, 0.3) is 0 Å². The topological polar surface area (TPSA) is 95.6 Å². The van der Waals surface area contributed by atoms with E-state index in [9.17, 15) is 5.11 Å². The molecule has 1 aliphatic rings. The molecular formula is C26H46N2O6. The third kappa shape index (κ3) is 5.69. The van der Waals surface area contributed by atoms with Crippen molar-refractivity contribution in [2.75, 3.05) is 50.3 Å². The zero-order chi connectivity index (χ0) is 25.6. The maximum atomic E-state index is 12.0. The number of anilines is 2. The second-order valence-corrected chi connectivity index (χ2v) is 9.42. The lowest BCUT2D eigenvalue weighted by Gasteiger charge is -2.57. The number of aryl methyl sites for hydroxylation is 1. The lowest BCUT2D eigenvalue weighted by atomic mass is 9.84. The molecule has 0 fully saturated rings. The fraction of sp³-hybridized carbons (Fsp3) is 0.769. The molecule has 0 aromatic heterocycles. The Kier molecular flexibility index (Phi) is 10.2. The van der Waals surface area contributed by atoms with Crippen molar-refractivity contribution in [3.05, 3.63) is 23.3 Å². The van der Waals surface area contributed by atoms with Crippen LogP contribution in [0.2, 0.25) is 0 Å². The molecule has 196 valence electrons. The van der Waals surface area contributed by atoms with Crippen molar-refractivity contribution in [3.63, 3.8) is 0 Å². The quantitative estimate of drug-likeness (QED) is 0.229. The highest BCUT2D eigenvalue weighted by molar-refractivity contribution is 5.68. The Hall–Kier alpha value is -1.42. The predicted molar refractivity (Wildman–Crippen MR) is 135 cm³/mol. The van der Waals surface area contributed by atoms with Crippen LogP contribution in [0.4, 0.5) is 11.4 Å². The van der Waals surface area contributed by atoms with Gasteiger partial charge in [-0.1, -0.05) is 13.8 Å². The van der Waals surface area contributed by atoms with Crippen molar-refractivity contribution in [3.8, 4) is 0 Å². The van der Waals surface area contributed by atoms with Crippen LogP contribution < -0.4 is 10.6 Å². The Morgan fingerprint density at radius 1 is 0.971 bits per heavy atom. The molecule has 8 heteroatoms. The number of fused-ring (bicyclic) bond motifs is 1. The summed E-state index contributed by atoms with van der Waals surface area (Å²) < 4.78 is 30.0. The van der Waals surface area contributed by atoms with Gasteiger partial charge >= 0.3 is 11.9 Å². The minimum Gasteiger partial charge on any atom is -0.398 e. The van der Waals surface area contributed by atoms with Gasteiger partial charge in [0.05, 0.1) is 13.2 Å². The Morgan fingerprint density at radius 2 is 1.59 bits per heavy atom. The minimum absolute atomic E-state index is 0.104. The zero-order valence-corrected chi connectivity index (χ0v) is 22.4. The smallest absolute Gasteiger partial charge is 0.360 e. The van der Waals surface area contributed by atoms with E-state index in [2.05, 4.69) is 33.8 Å². The minimum atomic E-state index is -2.23. The molecule has 8 nitrogen and oxygen atoms in total. The van der Waals surface area contributed by atoms with Crippen molar-refractivity contribution < 1.29 is 28.8 Å². The van der Waals surface area contributed by atoms with Crippen molar-refractivity contribution in [1.82, 2.24) is 0 Å². The summed E-state index contributed by atoms with van der Waals surface area (Å²) in [6, 6.07) is 4.13. The number of hydrogen-bond donors (Lipinski definition) is 2. The monoisotopic (exact) mass is 482 g/mol. The number of nitrogens with two attached hydrogens (primary N) is 1. The van der Waals surface area contributed by atoms with E-state index in [0.717, 1.165) is 35.3 Å². The van der Waals surface area contributed by atoms with Crippen LogP contribution in [0.15, 0.2) is 12.1 Å². The highest BCUT2D eigenvalue weighted by Crippen LogP contribution is 2.48. The normalized spacial score (nSPS) is 17.6. The van der Waals surface area contributed by atoms with Crippen molar-refractivity contribution in [1.29, 1.82) is 0 Å². The van der Waals surface area contributed by atoms with E-state index in [4.69, 9.17) is 29.4 Å². The van der Waals surface area contributed by atoms with Crippen molar-refractivity contribution in [2.45, 2.75) is 91.6 Å². The molecule has 0 saturated heterocycles. The van der Waals surface area contributed by atoms with Crippen LogP contribution in [0, 0.1) is 0 Å². The number of benzene rings is 1. The standard InChI is InChI=1S/C26H46N2O6/c1-9-30-15-16-34-26(29,33-12-4)25(31-10-2,32-11-3)28-23-18-21(19(5)6)22(27)17-20(23)13-14-24(28,7)8/h17-19,29H,9-16,27H2,1-8H3. The van der Waals surface area contributed by atoms with E-state index in [0.29, 0.717) is 13.2 Å². The Balaban J connectivity index is 2.78. The molecule has 0 aliphatic carbocycles. The fourth-order valence-corrected chi connectivity index (χ4v) is 4.70. The summed E-state index contributed by atoms with van der Waals surface area (Å²) in [6.07, 6.45) is 1.64. The van der Waals surface area contributed by atoms with Crippen LogP contribution in [0.5, 0.6) is 0 Å². The zero-order valence-electron chi connectivity index (χ0n) is 22.4. The number of nitrogen functional groups attached to an aromatic ring is 1. The molecule has 1 aromatic rings. The Labute approximate surface area is 205 Å². The molecule has 0 spiro atoms. The SMILES string of the molecule is CCOCCOC(O)(OCC)C(OCC)(OCC)N1c2cc(C(C)C)c(N)cc2CCC1(C)C. The van der Waals surface area contributed by atoms with Gasteiger partial charge in [-0.25, -0.2) is 0 Å². The van der Waals surface area contributed by atoms with Gasteiger partial charge in [-0.05, 0) is 83.6 Å². The molecule has 3 N–H and O–H groups in total. The summed E-state index contributed by atoms with van der Waals surface area (Å²) in [5, 5.41) is 12.0. The number of rotatable bonds is 14. The highest BCUT2D eigenvalue weighted by Gasteiger charge is 2.64. The largest absolute Gasteiger partial charge is 0.398 e. The van der Waals surface area contributed by atoms with Gasteiger partial charge in [0, 0.05) is 43.3 Å². The van der Waals surface area contributed by atoms with E-state index in [1.165, 1.54) is 0 Å². The number of ether oxygens (including phenoxy) is 5. The maximum Gasteiger partial charge on any atom is 0.360 e. The van der Waals surface area contributed by atoms with E-state index in [1.807, 2.05) is 31.7 Å². The third-order valence-corrected chi connectivity index (χ3v) is 6.20. The van der Waals surface area contributed by atoms with E-state index in [1.54, 1.807) is 6.92 Å². The first-order valence-electron chi connectivity index (χ1n) is 12.6. The predicted octanol–water partition coefficient (Wildman–Crippen LogP) is 4.39. The second kappa shape index (κ2) is 12.0. The molecule has 1 aliphatic heterocycles. The van der Waals surface area contributed by atoms with Crippen LogP contribution in [0.1, 0.15) is 78.9 Å². The molecule has 1 unspecified atom stereocenters. The summed E-state index contributed by atoms with van der Waals surface area (Å²) in [5.74, 6) is -3.78. The molecule has 1 atom stereocenters. The molecule has 0 amide bonds. The molecule has 0 radical (unpaired) electrons. The summed E-state index contributed by atoms with van der Waals surface area (Å²) in [4.78, 5) is 1.99. The first-order chi connectivity index (χ1) is 16.0. The van der Waals surface area contributed by atoms with E-state index >= 15 is 0 Å². The first kappa shape index (κ1) is 28.8. The lowest BCUT2D eigenvalue weighted by Crippen LogP contribution is -2.75. The summed E-state index contributed by atoms with van der Waals surface area (Å²) in [5.41, 5.74) is 9.71. The molecule has 0 bridgehead atoms. The van der Waals surface area contributed by atoms with Gasteiger partial charge in [0.1, 0.15) is 0 Å². The Bertz CT molecular complexity index is 779. The van der Waals surface area contributed by atoms with Gasteiger partial charge in [0.2, 0.25) is 0 Å². The number of hydrogen-bond acceptors (Lipinski definition) is 8. The molecule has 34 heavy (non-hydrogen) atoms. The molecular weight excluding hydrogens is 436 g/mol. The van der Waals surface area contributed by atoms with Gasteiger partial charge in [-0.15, -0.1) is 0 Å². The van der Waals surface area contributed by atoms with Gasteiger partial charge in [0.15, 0.2) is 0 Å². The molecule has 0 saturated carbocycles. The molecule has 2 rings (SSSR count). The third-order valence-electron chi connectivity index (χ3n) is 6.20. The van der Waals surface area contributed by atoms with Crippen molar-refractivity contribution >= 4 is 11.4 Å². The average molecular weight is 483 g/mol. The van der Waals surface area contributed by atoms with Crippen molar-refractivity contribution in [2.24, 2.45) is 0 Å².